The maximum absolute atomic E-state index is 13.2. The molecule has 1 atom stereocenters. The Balaban J connectivity index is 0.000000299. The van der Waals surface area contributed by atoms with Gasteiger partial charge in [0.25, 0.3) is 5.92 Å². The van der Waals surface area contributed by atoms with Crippen molar-refractivity contribution < 1.29 is 21.9 Å². The van der Waals surface area contributed by atoms with Crippen molar-refractivity contribution >= 4 is 10.0 Å². The third-order valence-corrected chi connectivity index (χ3v) is 7.46. The SMILES string of the molecule is CC.C[C@H]1CCCCO1.Cc1nc(C(C)(F)F)ccc1S(=O)(=O)N1CC2(CNC2)C1. The third kappa shape index (κ3) is 5.75. The van der Waals surface area contributed by atoms with E-state index < -0.39 is 21.6 Å². The van der Waals surface area contributed by atoms with Gasteiger partial charge in [-0.05, 0) is 45.2 Å². The summed E-state index contributed by atoms with van der Waals surface area (Å²) >= 11 is 0. The van der Waals surface area contributed by atoms with Gasteiger partial charge in [0.1, 0.15) is 10.6 Å². The van der Waals surface area contributed by atoms with E-state index in [1.165, 1.54) is 36.6 Å². The number of aromatic nitrogens is 1. The number of ether oxygens (including phenoxy) is 1. The fraction of sp³-hybridized carbons (Fsp3) is 0.762. The largest absolute Gasteiger partial charge is 0.379 e. The molecule has 6 nitrogen and oxygen atoms in total. The molecule has 0 radical (unpaired) electrons. The lowest BCUT2D eigenvalue weighted by Crippen LogP contribution is -2.71. The van der Waals surface area contributed by atoms with Gasteiger partial charge in [0, 0.05) is 45.1 Å². The van der Waals surface area contributed by atoms with Crippen LogP contribution in [0.4, 0.5) is 8.78 Å². The molecule has 1 N–H and O–H groups in total. The minimum atomic E-state index is -3.64. The number of alkyl halides is 2. The molecular weight excluding hydrogens is 412 g/mol. The van der Waals surface area contributed by atoms with Crippen LogP contribution in [-0.4, -0.2) is 56.6 Å². The minimum absolute atomic E-state index is 0.0117. The smallest absolute Gasteiger partial charge is 0.286 e. The van der Waals surface area contributed by atoms with Gasteiger partial charge < -0.3 is 10.1 Å². The number of aryl methyl sites for hydroxylation is 1. The van der Waals surface area contributed by atoms with E-state index in [0.29, 0.717) is 19.2 Å². The fourth-order valence-corrected chi connectivity index (χ4v) is 5.50. The van der Waals surface area contributed by atoms with Gasteiger partial charge in [0.05, 0.1) is 11.8 Å². The molecule has 4 rings (SSSR count). The lowest BCUT2D eigenvalue weighted by Gasteiger charge is -2.55. The number of sulfonamides is 1. The van der Waals surface area contributed by atoms with E-state index in [1.807, 2.05) is 13.8 Å². The molecule has 3 saturated heterocycles. The first kappa shape index (κ1) is 25.1. The molecule has 0 amide bonds. The Labute approximate surface area is 179 Å². The van der Waals surface area contributed by atoms with Gasteiger partial charge in [-0.15, -0.1) is 0 Å². The number of hydrogen-bond donors (Lipinski definition) is 1. The summed E-state index contributed by atoms with van der Waals surface area (Å²) in [5.74, 6) is -3.08. The molecule has 0 aromatic carbocycles. The Morgan fingerprint density at radius 2 is 1.87 bits per heavy atom. The second kappa shape index (κ2) is 9.97. The second-order valence-corrected chi connectivity index (χ2v) is 10.1. The maximum atomic E-state index is 13.2. The zero-order valence-electron chi connectivity index (χ0n) is 18.7. The summed E-state index contributed by atoms with van der Waals surface area (Å²) in [6.45, 7) is 11.9. The van der Waals surface area contributed by atoms with E-state index in [2.05, 4.69) is 17.2 Å². The van der Waals surface area contributed by atoms with Gasteiger partial charge in [-0.2, -0.15) is 13.1 Å². The third-order valence-electron chi connectivity index (χ3n) is 5.54. The van der Waals surface area contributed by atoms with Crippen LogP contribution in [0.3, 0.4) is 0 Å². The molecule has 0 unspecified atom stereocenters. The number of rotatable bonds is 3. The molecule has 1 aromatic rings. The molecule has 9 heteroatoms. The molecule has 172 valence electrons. The predicted molar refractivity (Wildman–Crippen MR) is 113 cm³/mol. The quantitative estimate of drug-likeness (QED) is 0.765. The Bertz CT molecular complexity index is 794. The van der Waals surface area contributed by atoms with Crippen molar-refractivity contribution in [2.75, 3.05) is 32.8 Å². The monoisotopic (exact) mass is 447 g/mol. The normalized spacial score (nSPS) is 23.2. The van der Waals surface area contributed by atoms with Gasteiger partial charge in [0.2, 0.25) is 10.0 Å². The Hall–Kier alpha value is -1.16. The highest BCUT2D eigenvalue weighted by molar-refractivity contribution is 7.89. The summed E-state index contributed by atoms with van der Waals surface area (Å²) in [6.07, 6.45) is 4.43. The molecule has 3 fully saturated rings. The van der Waals surface area contributed by atoms with Crippen LogP contribution in [-0.2, 0) is 20.7 Å². The van der Waals surface area contributed by atoms with Crippen molar-refractivity contribution in [2.24, 2.45) is 5.41 Å². The first-order valence-corrected chi connectivity index (χ1v) is 12.2. The standard InChI is InChI=1S/C13H17F2N3O2S.C6H12O.C2H6/c1-9-10(3-4-11(17-9)12(2,14)15)21(19,20)18-7-13(8-18)5-16-6-13;1-6-4-2-3-5-7-6;1-2/h3-4,16H,5-8H2,1-2H3;6H,2-5H2,1H3;1-2H3/t;6-;/m.0./s1. The van der Waals surface area contributed by atoms with Gasteiger partial charge >= 0.3 is 0 Å². The van der Waals surface area contributed by atoms with Crippen LogP contribution in [0.15, 0.2) is 17.0 Å². The molecule has 1 spiro atoms. The number of pyridine rings is 1. The van der Waals surface area contributed by atoms with Crippen molar-refractivity contribution in [3.8, 4) is 0 Å². The minimum Gasteiger partial charge on any atom is -0.379 e. The highest BCUT2D eigenvalue weighted by Gasteiger charge is 2.52. The summed E-state index contributed by atoms with van der Waals surface area (Å²) in [5, 5.41) is 3.13. The van der Waals surface area contributed by atoms with Crippen molar-refractivity contribution in [1.29, 1.82) is 0 Å². The van der Waals surface area contributed by atoms with Crippen molar-refractivity contribution in [1.82, 2.24) is 14.6 Å². The number of nitrogens with one attached hydrogen (secondary N) is 1. The van der Waals surface area contributed by atoms with Crippen LogP contribution < -0.4 is 5.32 Å². The highest BCUT2D eigenvalue weighted by atomic mass is 32.2. The number of nitrogens with zero attached hydrogens (tertiary/aromatic N) is 2. The van der Waals surface area contributed by atoms with Crippen molar-refractivity contribution in [3.63, 3.8) is 0 Å². The van der Waals surface area contributed by atoms with Crippen LogP contribution in [0.25, 0.3) is 0 Å². The van der Waals surface area contributed by atoms with Gasteiger partial charge in [0.15, 0.2) is 0 Å². The van der Waals surface area contributed by atoms with Crippen LogP contribution in [0.2, 0.25) is 0 Å². The fourth-order valence-electron chi connectivity index (χ4n) is 3.68. The molecule has 3 aliphatic heterocycles. The van der Waals surface area contributed by atoms with Gasteiger partial charge in [-0.1, -0.05) is 13.8 Å². The van der Waals surface area contributed by atoms with E-state index in [0.717, 1.165) is 32.7 Å². The summed E-state index contributed by atoms with van der Waals surface area (Å²) in [7, 11) is -3.64. The van der Waals surface area contributed by atoms with E-state index in [9.17, 15) is 17.2 Å². The average molecular weight is 448 g/mol. The summed E-state index contributed by atoms with van der Waals surface area (Å²) in [6, 6.07) is 2.31. The highest BCUT2D eigenvalue weighted by Crippen LogP contribution is 2.38. The lowest BCUT2D eigenvalue weighted by atomic mass is 9.76. The zero-order chi connectivity index (χ0) is 22.6. The zero-order valence-corrected chi connectivity index (χ0v) is 19.5. The number of hydrogen-bond acceptors (Lipinski definition) is 5. The summed E-state index contributed by atoms with van der Waals surface area (Å²) < 4.78 is 58.1. The second-order valence-electron chi connectivity index (χ2n) is 8.22. The number of halogens is 2. The van der Waals surface area contributed by atoms with Gasteiger partial charge in [-0.3, -0.25) is 4.98 Å². The molecule has 0 saturated carbocycles. The van der Waals surface area contributed by atoms with Gasteiger partial charge in [-0.25, -0.2) is 8.42 Å². The van der Waals surface area contributed by atoms with Crippen LogP contribution in [0.5, 0.6) is 0 Å². The predicted octanol–water partition coefficient (Wildman–Crippen LogP) is 3.70. The molecule has 4 heterocycles. The topological polar surface area (TPSA) is 71.5 Å². The molecule has 30 heavy (non-hydrogen) atoms. The van der Waals surface area contributed by atoms with E-state index >= 15 is 0 Å². The van der Waals surface area contributed by atoms with E-state index in [4.69, 9.17) is 4.74 Å². The van der Waals surface area contributed by atoms with Crippen molar-refractivity contribution in [2.45, 2.75) is 70.8 Å². The van der Waals surface area contributed by atoms with Crippen LogP contribution in [0, 0.1) is 12.3 Å². The van der Waals surface area contributed by atoms with Crippen LogP contribution >= 0.6 is 0 Å². The van der Waals surface area contributed by atoms with E-state index in [1.54, 1.807) is 0 Å². The summed E-state index contributed by atoms with van der Waals surface area (Å²) in [4.78, 5) is 3.77. The molecule has 0 bridgehead atoms. The summed E-state index contributed by atoms with van der Waals surface area (Å²) in [5.41, 5.74) is -0.228. The van der Waals surface area contributed by atoms with E-state index in [-0.39, 0.29) is 16.0 Å². The maximum Gasteiger partial charge on any atom is 0.286 e. The Kier molecular flexibility index (Phi) is 8.35. The van der Waals surface area contributed by atoms with Crippen LogP contribution in [0.1, 0.15) is 58.3 Å². The Morgan fingerprint density at radius 3 is 2.23 bits per heavy atom. The molecule has 3 aliphatic rings. The van der Waals surface area contributed by atoms with Crippen molar-refractivity contribution in [3.05, 3.63) is 23.5 Å². The Morgan fingerprint density at radius 1 is 1.23 bits per heavy atom. The average Bonchev–Trinajstić information content (AvgIpc) is 2.61. The molecule has 1 aromatic heterocycles. The first-order valence-electron chi connectivity index (χ1n) is 10.7. The molecule has 0 aliphatic carbocycles. The lowest BCUT2D eigenvalue weighted by molar-refractivity contribution is 0.0122. The first-order chi connectivity index (χ1) is 14.0. The molecular formula is C21H35F2N3O3S.